The minimum Gasteiger partial charge on any atom is -0.298 e. The Balaban J connectivity index is 2.48. The molecule has 0 saturated heterocycles. The van der Waals surface area contributed by atoms with Gasteiger partial charge in [-0.3, -0.25) is 9.48 Å². The molecule has 0 spiro atoms. The molecule has 3 nitrogen and oxygen atoms in total. The monoisotopic (exact) mass is 258 g/mol. The van der Waals surface area contributed by atoms with E-state index in [1.54, 1.807) is 10.9 Å². The number of halogens is 1. The van der Waals surface area contributed by atoms with E-state index in [9.17, 15) is 4.79 Å². The third-order valence-electron chi connectivity index (χ3n) is 2.02. The third-order valence-corrected chi connectivity index (χ3v) is 2.85. The molecule has 0 aromatic carbocycles. The van der Waals surface area contributed by atoms with E-state index in [1.165, 1.54) is 0 Å². The molecule has 0 fully saturated rings. The summed E-state index contributed by atoms with van der Waals surface area (Å²) < 4.78 is 1.75. The minimum atomic E-state index is -0.0633. The van der Waals surface area contributed by atoms with Crippen molar-refractivity contribution >= 4 is 21.7 Å². The van der Waals surface area contributed by atoms with Gasteiger partial charge in [-0.25, -0.2) is 0 Å². The largest absolute Gasteiger partial charge is 0.298 e. The molecule has 0 aliphatic rings. The molecule has 0 aliphatic heterocycles. The zero-order valence-corrected chi connectivity index (χ0v) is 10.1. The highest BCUT2D eigenvalue weighted by atomic mass is 79.9. The van der Waals surface area contributed by atoms with E-state index in [2.05, 4.69) is 21.0 Å². The van der Waals surface area contributed by atoms with Crippen molar-refractivity contribution < 1.29 is 4.79 Å². The maximum Gasteiger partial charge on any atom is 0.146 e. The Kier molecular flexibility index (Phi) is 4.32. The molecular formula is C10H15BrN2O. The van der Waals surface area contributed by atoms with Crippen LogP contribution < -0.4 is 0 Å². The summed E-state index contributed by atoms with van der Waals surface area (Å²) in [6.45, 7) is 2.02. The molecule has 0 saturated carbocycles. The van der Waals surface area contributed by atoms with E-state index in [4.69, 9.17) is 0 Å². The zero-order chi connectivity index (χ0) is 10.6. The van der Waals surface area contributed by atoms with Gasteiger partial charge in [0, 0.05) is 19.7 Å². The fourth-order valence-electron chi connectivity index (χ4n) is 1.30. The lowest BCUT2D eigenvalue weighted by atomic mass is 10.1. The first-order chi connectivity index (χ1) is 6.63. The summed E-state index contributed by atoms with van der Waals surface area (Å²) in [6.07, 6.45) is 6.03. The lowest BCUT2D eigenvalue weighted by molar-refractivity contribution is -0.118. The van der Waals surface area contributed by atoms with E-state index >= 15 is 0 Å². The summed E-state index contributed by atoms with van der Waals surface area (Å²) in [7, 11) is 1.88. The number of nitrogens with zero attached hydrogens (tertiary/aromatic N) is 2. The van der Waals surface area contributed by atoms with Crippen LogP contribution in [0.3, 0.4) is 0 Å². The van der Waals surface area contributed by atoms with Crippen LogP contribution >= 0.6 is 15.9 Å². The van der Waals surface area contributed by atoms with Crippen LogP contribution in [0.25, 0.3) is 0 Å². The smallest absolute Gasteiger partial charge is 0.146 e. The van der Waals surface area contributed by atoms with Gasteiger partial charge in [0.2, 0.25) is 0 Å². The lowest BCUT2D eigenvalue weighted by Crippen LogP contribution is -2.15. The number of ketones is 1. The number of hydrogen-bond donors (Lipinski definition) is 0. The molecule has 0 aliphatic carbocycles. The molecular weight excluding hydrogens is 244 g/mol. The molecule has 1 aromatic rings. The van der Waals surface area contributed by atoms with Crippen molar-refractivity contribution in [1.29, 1.82) is 0 Å². The Morgan fingerprint density at radius 3 is 2.93 bits per heavy atom. The van der Waals surface area contributed by atoms with Crippen LogP contribution in [0.2, 0.25) is 0 Å². The van der Waals surface area contributed by atoms with Crippen LogP contribution in [0.4, 0.5) is 0 Å². The van der Waals surface area contributed by atoms with Crippen molar-refractivity contribution in [2.24, 2.45) is 7.05 Å². The second-order valence-corrected chi connectivity index (χ2v) is 4.52. The number of aromatic nitrogens is 2. The Labute approximate surface area is 92.6 Å². The number of carbonyl (C=O) groups excluding carboxylic acids is 1. The molecule has 78 valence electrons. The first-order valence-electron chi connectivity index (χ1n) is 4.77. The number of rotatable bonds is 5. The van der Waals surface area contributed by atoms with Gasteiger partial charge in [-0.1, -0.05) is 22.9 Å². The third kappa shape index (κ3) is 3.25. The number of carbonyl (C=O) groups is 1. The van der Waals surface area contributed by atoms with Gasteiger partial charge < -0.3 is 0 Å². The van der Waals surface area contributed by atoms with Crippen molar-refractivity contribution in [2.45, 2.75) is 31.0 Å². The van der Waals surface area contributed by atoms with Gasteiger partial charge in [0.1, 0.15) is 5.78 Å². The molecule has 1 atom stereocenters. The molecule has 1 rings (SSSR count). The van der Waals surface area contributed by atoms with Crippen molar-refractivity contribution in [1.82, 2.24) is 9.78 Å². The van der Waals surface area contributed by atoms with Gasteiger partial charge in [-0.05, 0) is 18.4 Å². The van der Waals surface area contributed by atoms with E-state index in [1.807, 2.05) is 20.2 Å². The van der Waals surface area contributed by atoms with E-state index in [0.29, 0.717) is 6.42 Å². The summed E-state index contributed by atoms with van der Waals surface area (Å²) in [5.74, 6) is 0.274. The van der Waals surface area contributed by atoms with Crippen LogP contribution in [0, 0.1) is 0 Å². The zero-order valence-electron chi connectivity index (χ0n) is 8.53. The standard InChI is InChI=1S/C10H15BrN2O/c1-3-4-10(14)9(11)5-8-6-12-13(2)7-8/h6-7,9H,3-5H2,1-2H3. The Hall–Kier alpha value is -0.640. The quantitative estimate of drug-likeness (QED) is 0.759. The Morgan fingerprint density at radius 2 is 2.43 bits per heavy atom. The first kappa shape index (κ1) is 11.4. The topological polar surface area (TPSA) is 34.9 Å². The van der Waals surface area contributed by atoms with Gasteiger partial charge in [-0.15, -0.1) is 0 Å². The highest BCUT2D eigenvalue weighted by Crippen LogP contribution is 2.12. The van der Waals surface area contributed by atoms with Crippen molar-refractivity contribution in [3.63, 3.8) is 0 Å². The summed E-state index contributed by atoms with van der Waals surface area (Å²) in [4.78, 5) is 11.4. The van der Waals surface area contributed by atoms with Crippen LogP contribution in [0.5, 0.6) is 0 Å². The number of Topliss-reactive ketones (excluding diaryl/α,β-unsaturated/α-hetero) is 1. The second kappa shape index (κ2) is 5.29. The summed E-state index contributed by atoms with van der Waals surface area (Å²) >= 11 is 3.40. The number of alkyl halides is 1. The molecule has 0 radical (unpaired) electrons. The van der Waals surface area contributed by atoms with Crippen LogP contribution in [-0.2, 0) is 18.3 Å². The summed E-state index contributed by atoms with van der Waals surface area (Å²) in [5, 5.41) is 4.06. The van der Waals surface area contributed by atoms with Crippen molar-refractivity contribution in [3.05, 3.63) is 18.0 Å². The molecule has 1 unspecified atom stereocenters. The SMILES string of the molecule is CCCC(=O)C(Br)Cc1cnn(C)c1. The predicted octanol–water partition coefficient (Wildman–Crippen LogP) is 2.10. The lowest BCUT2D eigenvalue weighted by Gasteiger charge is -2.05. The van der Waals surface area contributed by atoms with Gasteiger partial charge in [-0.2, -0.15) is 5.10 Å². The molecule has 4 heteroatoms. The summed E-state index contributed by atoms with van der Waals surface area (Å²) in [5.41, 5.74) is 1.10. The maximum absolute atomic E-state index is 11.5. The second-order valence-electron chi connectivity index (χ2n) is 3.41. The highest BCUT2D eigenvalue weighted by molar-refractivity contribution is 9.10. The van der Waals surface area contributed by atoms with Gasteiger partial charge in [0.25, 0.3) is 0 Å². The molecule has 0 N–H and O–H groups in total. The van der Waals surface area contributed by atoms with Crippen LogP contribution in [0.1, 0.15) is 25.3 Å². The number of hydrogen-bond acceptors (Lipinski definition) is 2. The van der Waals surface area contributed by atoms with Gasteiger partial charge in [0.05, 0.1) is 11.0 Å². The molecule has 14 heavy (non-hydrogen) atoms. The van der Waals surface area contributed by atoms with Gasteiger partial charge in [0.15, 0.2) is 0 Å². The number of aryl methyl sites for hydroxylation is 1. The summed E-state index contributed by atoms with van der Waals surface area (Å²) in [6, 6.07) is 0. The molecule has 1 aromatic heterocycles. The molecule has 0 amide bonds. The molecule has 0 bridgehead atoms. The average molecular weight is 259 g/mol. The predicted molar refractivity (Wildman–Crippen MR) is 59.5 cm³/mol. The van der Waals surface area contributed by atoms with E-state index in [-0.39, 0.29) is 10.6 Å². The van der Waals surface area contributed by atoms with Gasteiger partial charge >= 0.3 is 0 Å². The van der Waals surface area contributed by atoms with Crippen molar-refractivity contribution in [3.8, 4) is 0 Å². The minimum absolute atomic E-state index is 0.0633. The average Bonchev–Trinajstić information content (AvgIpc) is 2.51. The Morgan fingerprint density at radius 1 is 1.71 bits per heavy atom. The van der Waals surface area contributed by atoms with E-state index in [0.717, 1.165) is 18.4 Å². The maximum atomic E-state index is 11.5. The van der Waals surface area contributed by atoms with Crippen LogP contribution in [0.15, 0.2) is 12.4 Å². The highest BCUT2D eigenvalue weighted by Gasteiger charge is 2.14. The van der Waals surface area contributed by atoms with Crippen molar-refractivity contribution in [2.75, 3.05) is 0 Å². The first-order valence-corrected chi connectivity index (χ1v) is 5.69. The molecule has 1 heterocycles. The fourth-order valence-corrected chi connectivity index (χ4v) is 1.90. The normalized spacial score (nSPS) is 12.8. The fraction of sp³-hybridized carbons (Fsp3) is 0.600. The Bertz CT molecular complexity index is 309. The van der Waals surface area contributed by atoms with E-state index < -0.39 is 0 Å². The van der Waals surface area contributed by atoms with Crippen LogP contribution in [-0.4, -0.2) is 20.4 Å².